The van der Waals surface area contributed by atoms with Crippen LogP contribution in [0.3, 0.4) is 0 Å². The minimum atomic E-state index is -0.128. The minimum absolute atomic E-state index is 0.128. The fourth-order valence-corrected chi connectivity index (χ4v) is 2.45. The van der Waals surface area contributed by atoms with Crippen molar-refractivity contribution in [3.8, 4) is 0 Å². The number of rotatable bonds is 14. The van der Waals surface area contributed by atoms with E-state index in [4.69, 9.17) is 0 Å². The molecular weight excluding hydrogens is 304 g/mol. The maximum atomic E-state index is 10.9. The molecule has 0 aromatic rings. The molecule has 0 fully saturated rings. The molecule has 0 amide bonds. The highest BCUT2D eigenvalue weighted by molar-refractivity contribution is 8.02. The van der Waals surface area contributed by atoms with Crippen molar-refractivity contribution in [3.63, 3.8) is 0 Å². The van der Waals surface area contributed by atoms with Gasteiger partial charge < -0.3 is 4.74 Å². The summed E-state index contributed by atoms with van der Waals surface area (Å²) >= 11 is 1.72. The van der Waals surface area contributed by atoms with Crippen LogP contribution >= 0.6 is 11.8 Å². The van der Waals surface area contributed by atoms with Crippen molar-refractivity contribution in [1.82, 2.24) is 0 Å². The molecule has 3 heteroatoms. The number of ether oxygens (including phenoxy) is 1. The van der Waals surface area contributed by atoms with E-state index in [1.54, 1.807) is 11.8 Å². The first-order valence-corrected chi connectivity index (χ1v) is 9.66. The van der Waals surface area contributed by atoms with Gasteiger partial charge in [-0.1, -0.05) is 62.3 Å². The van der Waals surface area contributed by atoms with E-state index in [0.29, 0.717) is 6.42 Å². The molecule has 0 saturated heterocycles. The van der Waals surface area contributed by atoms with E-state index in [0.717, 1.165) is 25.0 Å². The van der Waals surface area contributed by atoms with Gasteiger partial charge >= 0.3 is 5.97 Å². The average molecular weight is 337 g/mol. The van der Waals surface area contributed by atoms with Crippen LogP contribution in [0.2, 0.25) is 0 Å². The van der Waals surface area contributed by atoms with Crippen LogP contribution in [0.25, 0.3) is 0 Å². The molecule has 2 nitrogen and oxygen atoms in total. The third kappa shape index (κ3) is 18.7. The van der Waals surface area contributed by atoms with Gasteiger partial charge in [-0.05, 0) is 43.3 Å². The van der Waals surface area contributed by atoms with Crippen LogP contribution in [0.4, 0.5) is 0 Å². The molecule has 0 aliphatic rings. The van der Waals surface area contributed by atoms with E-state index in [9.17, 15) is 4.79 Å². The fourth-order valence-electron chi connectivity index (χ4n) is 1.80. The van der Waals surface area contributed by atoms with Crippen LogP contribution in [0.15, 0.2) is 47.9 Å². The summed E-state index contributed by atoms with van der Waals surface area (Å²) in [5.74, 6) is 0.821. The maximum Gasteiger partial charge on any atom is 0.305 e. The quantitative estimate of drug-likeness (QED) is 0.163. The summed E-state index contributed by atoms with van der Waals surface area (Å²) in [4.78, 5) is 10.9. The van der Waals surface area contributed by atoms with Gasteiger partial charge in [0.2, 0.25) is 0 Å². The van der Waals surface area contributed by atoms with Gasteiger partial charge in [-0.2, -0.15) is 0 Å². The number of hydrogen-bond donors (Lipinski definition) is 0. The van der Waals surface area contributed by atoms with Crippen molar-refractivity contribution in [2.24, 2.45) is 0 Å². The van der Waals surface area contributed by atoms with Crippen molar-refractivity contribution in [2.75, 3.05) is 12.9 Å². The predicted molar refractivity (Wildman–Crippen MR) is 104 cm³/mol. The Morgan fingerprint density at radius 3 is 2.43 bits per heavy atom. The van der Waals surface area contributed by atoms with Crippen molar-refractivity contribution < 1.29 is 9.53 Å². The Morgan fingerprint density at radius 1 is 0.957 bits per heavy atom. The summed E-state index contributed by atoms with van der Waals surface area (Å²) in [7, 11) is 1.43. The molecule has 0 N–H and O–H groups in total. The number of carbonyl (C=O) groups is 1. The molecule has 0 heterocycles. The maximum absolute atomic E-state index is 10.9. The molecule has 0 bridgehead atoms. The molecule has 0 atom stereocenters. The Hall–Kier alpha value is -1.22. The zero-order chi connectivity index (χ0) is 17.0. The van der Waals surface area contributed by atoms with Gasteiger partial charge in [-0.15, -0.1) is 11.8 Å². The smallest absolute Gasteiger partial charge is 0.305 e. The Kier molecular flexibility index (Phi) is 17.8. The van der Waals surface area contributed by atoms with Crippen LogP contribution in [-0.4, -0.2) is 18.8 Å². The van der Waals surface area contributed by atoms with Crippen LogP contribution in [0.5, 0.6) is 0 Å². The lowest BCUT2D eigenvalue weighted by atomic mass is 10.2. The lowest BCUT2D eigenvalue weighted by Gasteiger charge is -1.96. The van der Waals surface area contributed by atoms with Crippen molar-refractivity contribution >= 4 is 17.7 Å². The van der Waals surface area contributed by atoms with E-state index >= 15 is 0 Å². The second kappa shape index (κ2) is 18.8. The molecule has 130 valence electrons. The van der Waals surface area contributed by atoms with Crippen LogP contribution in [-0.2, 0) is 9.53 Å². The summed E-state index contributed by atoms with van der Waals surface area (Å²) in [6.45, 7) is 2.24. The number of allylic oxidation sites excluding steroid dienone is 7. The van der Waals surface area contributed by atoms with Gasteiger partial charge in [0.1, 0.15) is 0 Å². The largest absolute Gasteiger partial charge is 0.469 e. The highest BCUT2D eigenvalue weighted by Gasteiger charge is 1.97. The van der Waals surface area contributed by atoms with Crippen molar-refractivity contribution in [1.29, 1.82) is 0 Å². The summed E-state index contributed by atoms with van der Waals surface area (Å²) in [6, 6.07) is 0. The van der Waals surface area contributed by atoms with E-state index in [-0.39, 0.29) is 5.97 Å². The number of thioether (sulfide) groups is 1. The number of carbonyl (C=O) groups excluding carboxylic acids is 1. The molecule has 0 unspecified atom stereocenters. The van der Waals surface area contributed by atoms with Crippen LogP contribution in [0.1, 0.15) is 58.3 Å². The van der Waals surface area contributed by atoms with Crippen LogP contribution in [0, 0.1) is 0 Å². The van der Waals surface area contributed by atoms with Crippen molar-refractivity contribution in [3.05, 3.63) is 47.9 Å². The second-order valence-corrected chi connectivity index (χ2v) is 6.23. The second-order valence-electron chi connectivity index (χ2n) is 5.22. The first kappa shape index (κ1) is 21.8. The van der Waals surface area contributed by atoms with Gasteiger partial charge in [-0.3, -0.25) is 4.79 Å². The molecule has 0 aromatic carbocycles. The predicted octanol–water partition coefficient (Wildman–Crippen LogP) is 6.22. The van der Waals surface area contributed by atoms with Gasteiger partial charge in [0.05, 0.1) is 7.11 Å². The third-order valence-electron chi connectivity index (χ3n) is 3.14. The topological polar surface area (TPSA) is 26.3 Å². The Labute approximate surface area is 146 Å². The molecule has 0 aliphatic carbocycles. The van der Waals surface area contributed by atoms with Gasteiger partial charge in [-0.25, -0.2) is 0 Å². The first-order chi connectivity index (χ1) is 11.3. The monoisotopic (exact) mass is 336 g/mol. The number of hydrogen-bond acceptors (Lipinski definition) is 3. The normalized spacial score (nSPS) is 12.3. The van der Waals surface area contributed by atoms with Gasteiger partial charge in [0.25, 0.3) is 0 Å². The average Bonchev–Trinajstić information content (AvgIpc) is 2.57. The number of esters is 1. The zero-order valence-corrected chi connectivity index (χ0v) is 15.5. The highest BCUT2D eigenvalue weighted by Crippen LogP contribution is 2.07. The highest BCUT2D eigenvalue weighted by atomic mass is 32.2. The molecule has 0 spiro atoms. The fraction of sp³-hybridized carbons (Fsp3) is 0.550. The van der Waals surface area contributed by atoms with E-state index in [1.807, 2.05) is 6.08 Å². The summed E-state index contributed by atoms with van der Waals surface area (Å²) in [5.41, 5.74) is 0. The standard InChI is InChI=1S/C20H32O2S/c1-3-4-5-6-7-8-9-10-11-12-13-14-15-18-23-19-16-17-20(21)22-2/h7-8,10-11,13-15,18H,3-6,9,12,16-17,19H2,1-2H3/b8-7-,11-10-,14-13-,18-15+. The number of methoxy groups -OCH3 is 1. The van der Waals surface area contributed by atoms with E-state index in [2.05, 4.69) is 53.5 Å². The minimum Gasteiger partial charge on any atom is -0.469 e. The molecule has 0 aromatic heterocycles. The zero-order valence-electron chi connectivity index (χ0n) is 14.7. The molecule has 23 heavy (non-hydrogen) atoms. The number of unbranched alkanes of at least 4 members (excludes halogenated alkanes) is 3. The summed E-state index contributed by atoms with van der Waals surface area (Å²) in [5, 5.41) is 2.07. The summed E-state index contributed by atoms with van der Waals surface area (Å²) < 4.78 is 4.59. The van der Waals surface area contributed by atoms with Gasteiger partial charge in [0.15, 0.2) is 0 Å². The third-order valence-corrected chi connectivity index (χ3v) is 4.02. The first-order valence-electron chi connectivity index (χ1n) is 8.61. The Balaban J connectivity index is 3.43. The lowest BCUT2D eigenvalue weighted by molar-refractivity contribution is -0.140. The van der Waals surface area contributed by atoms with E-state index < -0.39 is 0 Å². The Bertz CT molecular complexity index is 381. The van der Waals surface area contributed by atoms with Gasteiger partial charge in [0, 0.05) is 6.42 Å². The molecule has 0 rings (SSSR count). The van der Waals surface area contributed by atoms with Crippen molar-refractivity contribution in [2.45, 2.75) is 58.3 Å². The molecular formula is C20H32O2S. The summed E-state index contributed by atoms with van der Waals surface area (Å²) in [6.07, 6.45) is 23.7. The lowest BCUT2D eigenvalue weighted by Crippen LogP contribution is -1.99. The van der Waals surface area contributed by atoms with Crippen LogP contribution < -0.4 is 0 Å². The molecule has 0 radical (unpaired) electrons. The molecule has 0 saturated carbocycles. The molecule has 0 aliphatic heterocycles. The SMILES string of the molecule is CCCCC/C=C\C/C=C\C/C=C\C=C\SCCCC(=O)OC. The Morgan fingerprint density at radius 2 is 1.70 bits per heavy atom. The van der Waals surface area contributed by atoms with E-state index in [1.165, 1.54) is 32.8 Å².